The van der Waals surface area contributed by atoms with Crippen molar-refractivity contribution in [2.45, 2.75) is 45.6 Å². The normalized spacial score (nSPS) is 23.1. The van der Waals surface area contributed by atoms with Crippen molar-refractivity contribution in [3.63, 3.8) is 0 Å². The van der Waals surface area contributed by atoms with E-state index >= 15 is 0 Å². The van der Waals surface area contributed by atoms with Crippen LogP contribution in [-0.4, -0.2) is 12.1 Å². The lowest BCUT2D eigenvalue weighted by Crippen LogP contribution is -2.37. The van der Waals surface area contributed by atoms with Gasteiger partial charge in [-0.15, -0.1) is 0 Å². The first-order chi connectivity index (χ1) is 5.25. The lowest BCUT2D eigenvalue weighted by Gasteiger charge is -2.43. The van der Waals surface area contributed by atoms with Crippen molar-refractivity contribution in [1.82, 2.24) is 0 Å². The number of aliphatic imine (C=N–C) groups is 1. The highest BCUT2D eigenvalue weighted by atomic mass is 16.1. The van der Waals surface area contributed by atoms with Crippen molar-refractivity contribution in [2.75, 3.05) is 0 Å². The highest BCUT2D eigenvalue weighted by Crippen LogP contribution is 2.47. The van der Waals surface area contributed by atoms with Gasteiger partial charge in [0.05, 0.1) is 6.04 Å². The molecule has 0 N–H and O–H groups in total. The zero-order valence-corrected chi connectivity index (χ0v) is 7.26. The summed E-state index contributed by atoms with van der Waals surface area (Å²) in [6.45, 7) is 4.20. The van der Waals surface area contributed by atoms with Crippen LogP contribution in [0.2, 0.25) is 0 Å². The average Bonchev–Trinajstić information content (AvgIpc) is 1.87. The summed E-state index contributed by atoms with van der Waals surface area (Å²) in [4.78, 5) is 13.8. The molecular weight excluding hydrogens is 138 g/mol. The van der Waals surface area contributed by atoms with E-state index in [4.69, 9.17) is 0 Å². The highest BCUT2D eigenvalue weighted by molar-refractivity contribution is 5.34. The molecule has 1 atom stereocenters. The van der Waals surface area contributed by atoms with Crippen LogP contribution in [0.25, 0.3) is 0 Å². The van der Waals surface area contributed by atoms with E-state index in [9.17, 15) is 4.79 Å². The summed E-state index contributed by atoms with van der Waals surface area (Å²) < 4.78 is 0. The second kappa shape index (κ2) is 3.19. The Bertz CT molecular complexity index is 172. The molecule has 0 saturated heterocycles. The van der Waals surface area contributed by atoms with Crippen LogP contribution < -0.4 is 0 Å². The van der Waals surface area contributed by atoms with Gasteiger partial charge < -0.3 is 0 Å². The van der Waals surface area contributed by atoms with E-state index < -0.39 is 0 Å². The Kier molecular flexibility index (Phi) is 2.45. The van der Waals surface area contributed by atoms with Gasteiger partial charge in [0.2, 0.25) is 6.08 Å². The van der Waals surface area contributed by atoms with Gasteiger partial charge in [-0.25, -0.2) is 9.79 Å². The molecule has 0 aromatic carbocycles. The van der Waals surface area contributed by atoms with Crippen LogP contribution in [0.1, 0.15) is 39.5 Å². The summed E-state index contributed by atoms with van der Waals surface area (Å²) in [6, 6.07) is 0.179. The molecule has 1 rings (SSSR count). The van der Waals surface area contributed by atoms with E-state index in [1.807, 2.05) is 6.92 Å². The SMILES string of the molecule is CCC1(C(C)N=C=O)CCC1. The maximum absolute atomic E-state index is 10.0. The molecule has 0 bridgehead atoms. The number of rotatable bonds is 3. The van der Waals surface area contributed by atoms with E-state index in [0.29, 0.717) is 5.41 Å². The predicted molar refractivity (Wildman–Crippen MR) is 44.2 cm³/mol. The molecule has 0 heterocycles. The van der Waals surface area contributed by atoms with Crippen molar-refractivity contribution in [1.29, 1.82) is 0 Å². The molecule has 0 spiro atoms. The van der Waals surface area contributed by atoms with Gasteiger partial charge in [0, 0.05) is 0 Å². The van der Waals surface area contributed by atoms with E-state index in [1.54, 1.807) is 6.08 Å². The molecule has 0 aromatic rings. The van der Waals surface area contributed by atoms with Crippen LogP contribution in [0.5, 0.6) is 0 Å². The second-order valence-electron chi connectivity index (χ2n) is 3.47. The van der Waals surface area contributed by atoms with E-state index in [2.05, 4.69) is 11.9 Å². The van der Waals surface area contributed by atoms with Gasteiger partial charge in [0.25, 0.3) is 0 Å². The molecule has 1 saturated carbocycles. The van der Waals surface area contributed by atoms with Gasteiger partial charge in [-0.3, -0.25) is 0 Å². The fraction of sp³-hybridized carbons (Fsp3) is 0.889. The molecule has 1 unspecified atom stereocenters. The van der Waals surface area contributed by atoms with Gasteiger partial charge >= 0.3 is 0 Å². The summed E-state index contributed by atoms with van der Waals surface area (Å²) in [5.74, 6) is 0. The maximum Gasteiger partial charge on any atom is 0.235 e. The Morgan fingerprint density at radius 2 is 2.27 bits per heavy atom. The Labute approximate surface area is 67.7 Å². The third-order valence-corrected chi connectivity index (χ3v) is 3.19. The fourth-order valence-corrected chi connectivity index (χ4v) is 1.91. The van der Waals surface area contributed by atoms with Gasteiger partial charge in [0.15, 0.2) is 0 Å². The third-order valence-electron chi connectivity index (χ3n) is 3.19. The topological polar surface area (TPSA) is 29.4 Å². The van der Waals surface area contributed by atoms with E-state index in [1.165, 1.54) is 19.3 Å². The van der Waals surface area contributed by atoms with Crippen LogP contribution in [-0.2, 0) is 4.79 Å². The van der Waals surface area contributed by atoms with E-state index in [-0.39, 0.29) is 6.04 Å². The standard InChI is InChI=1S/C9H15NO/c1-3-9(5-4-6-9)8(2)10-7-11/h8H,3-6H2,1-2H3. The lowest BCUT2D eigenvalue weighted by atomic mass is 9.63. The monoisotopic (exact) mass is 153 g/mol. The summed E-state index contributed by atoms with van der Waals surface area (Å²) >= 11 is 0. The quantitative estimate of drug-likeness (QED) is 0.452. The highest BCUT2D eigenvalue weighted by Gasteiger charge is 2.40. The minimum absolute atomic E-state index is 0.179. The Morgan fingerprint density at radius 1 is 1.64 bits per heavy atom. The minimum Gasteiger partial charge on any atom is -0.211 e. The summed E-state index contributed by atoms with van der Waals surface area (Å²) in [6.07, 6.45) is 6.55. The number of hydrogen-bond donors (Lipinski definition) is 0. The van der Waals surface area contributed by atoms with Crippen LogP contribution in [0.4, 0.5) is 0 Å². The van der Waals surface area contributed by atoms with Crippen LogP contribution >= 0.6 is 0 Å². The number of carbonyl (C=O) groups excluding carboxylic acids is 1. The zero-order valence-electron chi connectivity index (χ0n) is 7.26. The van der Waals surface area contributed by atoms with Crippen molar-refractivity contribution >= 4 is 6.08 Å². The van der Waals surface area contributed by atoms with Crippen LogP contribution in [0.3, 0.4) is 0 Å². The number of hydrogen-bond acceptors (Lipinski definition) is 2. The average molecular weight is 153 g/mol. The molecule has 1 fully saturated rings. The van der Waals surface area contributed by atoms with Crippen molar-refractivity contribution in [3.05, 3.63) is 0 Å². The van der Waals surface area contributed by atoms with Gasteiger partial charge in [-0.2, -0.15) is 0 Å². The van der Waals surface area contributed by atoms with Crippen LogP contribution in [0.15, 0.2) is 4.99 Å². The Morgan fingerprint density at radius 3 is 2.55 bits per heavy atom. The summed E-state index contributed by atoms with van der Waals surface area (Å²) in [5, 5.41) is 0. The largest absolute Gasteiger partial charge is 0.235 e. The lowest BCUT2D eigenvalue weighted by molar-refractivity contribution is 0.0974. The predicted octanol–water partition coefficient (Wildman–Crippen LogP) is 2.29. The molecular formula is C9H15NO. The van der Waals surface area contributed by atoms with Gasteiger partial charge in [-0.05, 0) is 31.6 Å². The summed E-state index contributed by atoms with van der Waals surface area (Å²) in [5.41, 5.74) is 0.345. The van der Waals surface area contributed by atoms with Crippen LogP contribution in [0, 0.1) is 5.41 Å². The molecule has 1 aliphatic carbocycles. The van der Waals surface area contributed by atoms with Gasteiger partial charge in [-0.1, -0.05) is 13.3 Å². The first kappa shape index (κ1) is 8.48. The first-order valence-corrected chi connectivity index (χ1v) is 4.32. The number of isocyanates is 1. The van der Waals surface area contributed by atoms with Crippen molar-refractivity contribution < 1.29 is 4.79 Å². The summed E-state index contributed by atoms with van der Waals surface area (Å²) in [7, 11) is 0. The van der Waals surface area contributed by atoms with Gasteiger partial charge in [0.1, 0.15) is 0 Å². The first-order valence-electron chi connectivity index (χ1n) is 4.32. The second-order valence-corrected chi connectivity index (χ2v) is 3.47. The minimum atomic E-state index is 0.179. The molecule has 0 aromatic heterocycles. The molecule has 11 heavy (non-hydrogen) atoms. The van der Waals surface area contributed by atoms with Crippen molar-refractivity contribution in [3.8, 4) is 0 Å². The smallest absolute Gasteiger partial charge is 0.211 e. The third kappa shape index (κ3) is 1.36. The maximum atomic E-state index is 10.0. The molecule has 2 heteroatoms. The van der Waals surface area contributed by atoms with Crippen molar-refractivity contribution in [2.24, 2.45) is 10.4 Å². The Hall–Kier alpha value is -0.620. The number of nitrogens with zero attached hydrogens (tertiary/aromatic N) is 1. The molecule has 2 nitrogen and oxygen atoms in total. The molecule has 0 amide bonds. The Balaban J connectivity index is 2.61. The molecule has 0 radical (unpaired) electrons. The molecule has 62 valence electrons. The zero-order chi connectivity index (χ0) is 8.32. The molecule has 0 aliphatic heterocycles. The fourth-order valence-electron chi connectivity index (χ4n) is 1.91. The van der Waals surface area contributed by atoms with E-state index in [0.717, 1.165) is 6.42 Å². The molecule has 1 aliphatic rings.